The van der Waals surface area contributed by atoms with Crippen molar-refractivity contribution in [3.63, 3.8) is 0 Å². The summed E-state index contributed by atoms with van der Waals surface area (Å²) in [6.45, 7) is 6.93. The first kappa shape index (κ1) is 11.5. The Morgan fingerprint density at radius 2 is 2.07 bits per heavy atom. The molecule has 0 aromatic carbocycles. The fourth-order valence-electron chi connectivity index (χ4n) is 1.75. The maximum atomic E-state index is 10.7. The van der Waals surface area contributed by atoms with Gasteiger partial charge in [-0.15, -0.1) is 0 Å². The second-order valence-electron chi connectivity index (χ2n) is 3.97. The summed E-state index contributed by atoms with van der Waals surface area (Å²) in [6, 6.07) is 0. The van der Waals surface area contributed by atoms with Crippen molar-refractivity contribution in [2.24, 2.45) is 5.92 Å². The molecule has 0 bridgehead atoms. The summed E-state index contributed by atoms with van der Waals surface area (Å²) in [5.74, 6) is -0.265. The highest BCUT2D eigenvalue weighted by molar-refractivity contribution is 5.66. The lowest BCUT2D eigenvalue weighted by Gasteiger charge is -2.21. The zero-order valence-corrected chi connectivity index (χ0v) is 9.06. The number of rotatable bonds is 2. The van der Waals surface area contributed by atoms with Gasteiger partial charge >= 0.3 is 5.97 Å². The lowest BCUT2D eigenvalue weighted by molar-refractivity contribution is -0.155. The van der Waals surface area contributed by atoms with E-state index in [2.05, 4.69) is 0 Å². The molecule has 2 unspecified atom stereocenters. The summed E-state index contributed by atoms with van der Waals surface area (Å²) >= 11 is 0. The molecule has 1 aliphatic rings. The average Bonchev–Trinajstić information content (AvgIpc) is 2.32. The number of hydrogen-bond acceptors (Lipinski definition) is 4. The molecular formula is C10H18O4. The highest BCUT2D eigenvalue weighted by atomic mass is 16.6. The molecular weight excluding hydrogens is 184 g/mol. The Morgan fingerprint density at radius 3 is 2.43 bits per heavy atom. The van der Waals surface area contributed by atoms with Crippen molar-refractivity contribution in [2.75, 3.05) is 0 Å². The van der Waals surface area contributed by atoms with Gasteiger partial charge < -0.3 is 14.6 Å². The molecule has 4 heteroatoms. The molecule has 82 valence electrons. The van der Waals surface area contributed by atoms with Gasteiger partial charge in [0.05, 0.1) is 12.2 Å². The number of carbonyl (C=O) groups is 1. The Kier molecular flexibility index (Phi) is 3.50. The lowest BCUT2D eigenvalue weighted by atomic mass is 9.97. The summed E-state index contributed by atoms with van der Waals surface area (Å²) in [6.07, 6.45) is -1.34. The first-order chi connectivity index (χ1) is 6.43. The summed E-state index contributed by atoms with van der Waals surface area (Å²) < 4.78 is 10.5. The lowest BCUT2D eigenvalue weighted by Crippen LogP contribution is -2.37. The normalized spacial score (nSPS) is 39.5. The van der Waals surface area contributed by atoms with Crippen LogP contribution < -0.4 is 0 Å². The Bertz CT molecular complexity index is 216. The minimum Gasteiger partial charge on any atom is -0.460 e. The molecule has 0 aromatic heterocycles. The highest BCUT2D eigenvalue weighted by Gasteiger charge is 2.42. The second-order valence-corrected chi connectivity index (χ2v) is 3.97. The Hall–Kier alpha value is -0.610. The molecule has 0 saturated carbocycles. The van der Waals surface area contributed by atoms with Crippen LogP contribution in [0.3, 0.4) is 0 Å². The third-order valence-corrected chi connectivity index (χ3v) is 2.80. The molecule has 14 heavy (non-hydrogen) atoms. The van der Waals surface area contributed by atoms with Gasteiger partial charge in [-0.1, -0.05) is 6.92 Å². The van der Waals surface area contributed by atoms with Crippen LogP contribution in [0.4, 0.5) is 0 Å². The standard InChI is InChI=1S/C10H18O4/c1-5-6(2)14-10(9(5)12)7(3)13-8(4)11/h5-7,9-10,12H,1-4H3/t5-,6+,7+,9?,10?/m1/s1. The van der Waals surface area contributed by atoms with E-state index in [1.807, 2.05) is 13.8 Å². The van der Waals surface area contributed by atoms with Crippen LogP contribution in [0, 0.1) is 5.92 Å². The monoisotopic (exact) mass is 202 g/mol. The van der Waals surface area contributed by atoms with Gasteiger partial charge in [0, 0.05) is 12.8 Å². The molecule has 0 amide bonds. The number of aliphatic hydroxyl groups excluding tert-OH is 1. The Balaban J connectivity index is 2.57. The first-order valence-corrected chi connectivity index (χ1v) is 4.94. The van der Waals surface area contributed by atoms with E-state index in [9.17, 15) is 9.90 Å². The fraction of sp³-hybridized carbons (Fsp3) is 0.900. The van der Waals surface area contributed by atoms with Crippen LogP contribution in [-0.2, 0) is 14.3 Å². The molecule has 5 atom stereocenters. The summed E-state index contributed by atoms with van der Waals surface area (Å²) in [5, 5.41) is 9.79. The number of esters is 1. The summed E-state index contributed by atoms with van der Waals surface area (Å²) in [7, 11) is 0. The van der Waals surface area contributed by atoms with E-state index in [1.54, 1.807) is 6.92 Å². The Morgan fingerprint density at radius 1 is 1.50 bits per heavy atom. The van der Waals surface area contributed by atoms with Crippen LogP contribution in [-0.4, -0.2) is 35.5 Å². The predicted molar refractivity (Wildman–Crippen MR) is 50.7 cm³/mol. The van der Waals surface area contributed by atoms with Crippen molar-refractivity contribution < 1.29 is 19.4 Å². The van der Waals surface area contributed by atoms with E-state index >= 15 is 0 Å². The third-order valence-electron chi connectivity index (χ3n) is 2.80. The van der Waals surface area contributed by atoms with E-state index in [0.29, 0.717) is 0 Å². The molecule has 1 N–H and O–H groups in total. The van der Waals surface area contributed by atoms with Gasteiger partial charge in [0.2, 0.25) is 0 Å². The van der Waals surface area contributed by atoms with Crippen LogP contribution in [0.1, 0.15) is 27.7 Å². The number of hydrogen-bond donors (Lipinski definition) is 1. The zero-order valence-electron chi connectivity index (χ0n) is 9.06. The molecule has 0 spiro atoms. The predicted octanol–water partition coefficient (Wildman–Crippen LogP) is 0.722. The maximum Gasteiger partial charge on any atom is 0.302 e. The molecule has 4 nitrogen and oxygen atoms in total. The van der Waals surface area contributed by atoms with E-state index in [1.165, 1.54) is 6.92 Å². The van der Waals surface area contributed by atoms with Gasteiger partial charge in [-0.2, -0.15) is 0 Å². The Labute approximate surface area is 84.2 Å². The largest absolute Gasteiger partial charge is 0.460 e. The van der Waals surface area contributed by atoms with Crippen molar-refractivity contribution in [3.05, 3.63) is 0 Å². The minimum atomic E-state index is -0.556. The van der Waals surface area contributed by atoms with Crippen molar-refractivity contribution >= 4 is 5.97 Å². The molecule has 1 rings (SSSR count). The van der Waals surface area contributed by atoms with Gasteiger partial charge in [0.25, 0.3) is 0 Å². The second kappa shape index (κ2) is 4.28. The van der Waals surface area contributed by atoms with E-state index in [4.69, 9.17) is 9.47 Å². The molecule has 1 saturated heterocycles. The topological polar surface area (TPSA) is 55.8 Å². The summed E-state index contributed by atoms with van der Waals surface area (Å²) in [5.41, 5.74) is 0. The van der Waals surface area contributed by atoms with Crippen LogP contribution in [0.5, 0.6) is 0 Å². The van der Waals surface area contributed by atoms with E-state index in [-0.39, 0.29) is 18.0 Å². The van der Waals surface area contributed by atoms with E-state index in [0.717, 1.165) is 0 Å². The smallest absolute Gasteiger partial charge is 0.302 e. The van der Waals surface area contributed by atoms with Crippen LogP contribution in [0.15, 0.2) is 0 Å². The zero-order chi connectivity index (χ0) is 10.9. The van der Waals surface area contributed by atoms with Crippen molar-refractivity contribution in [3.8, 4) is 0 Å². The number of ether oxygens (including phenoxy) is 2. The molecule has 0 radical (unpaired) electrons. The molecule has 1 fully saturated rings. The van der Waals surface area contributed by atoms with Gasteiger partial charge in [-0.3, -0.25) is 4.79 Å². The fourth-order valence-corrected chi connectivity index (χ4v) is 1.75. The third kappa shape index (κ3) is 2.25. The molecule has 0 aliphatic carbocycles. The average molecular weight is 202 g/mol. The van der Waals surface area contributed by atoms with Crippen LogP contribution in [0.25, 0.3) is 0 Å². The minimum absolute atomic E-state index is 0.00741. The number of carbonyl (C=O) groups excluding carboxylic acids is 1. The molecule has 0 aromatic rings. The van der Waals surface area contributed by atoms with Gasteiger partial charge in [-0.05, 0) is 13.8 Å². The maximum absolute atomic E-state index is 10.7. The van der Waals surface area contributed by atoms with E-state index < -0.39 is 18.3 Å². The van der Waals surface area contributed by atoms with Crippen molar-refractivity contribution in [2.45, 2.75) is 52.1 Å². The SMILES string of the molecule is CC(=O)O[C@@H](C)C1O[C@@H](C)[C@@H](C)C1O. The first-order valence-electron chi connectivity index (χ1n) is 4.94. The van der Waals surface area contributed by atoms with Crippen LogP contribution in [0.2, 0.25) is 0 Å². The van der Waals surface area contributed by atoms with Crippen LogP contribution >= 0.6 is 0 Å². The molecule has 1 aliphatic heterocycles. The highest BCUT2D eigenvalue weighted by Crippen LogP contribution is 2.29. The summed E-state index contributed by atoms with van der Waals surface area (Å²) in [4.78, 5) is 10.7. The quantitative estimate of drug-likeness (QED) is 0.670. The van der Waals surface area contributed by atoms with Crippen molar-refractivity contribution in [1.82, 2.24) is 0 Å². The van der Waals surface area contributed by atoms with Crippen molar-refractivity contribution in [1.29, 1.82) is 0 Å². The van der Waals surface area contributed by atoms with Gasteiger partial charge in [0.15, 0.2) is 0 Å². The van der Waals surface area contributed by atoms with Gasteiger partial charge in [-0.25, -0.2) is 0 Å². The molecule has 1 heterocycles. The van der Waals surface area contributed by atoms with Gasteiger partial charge in [0.1, 0.15) is 12.2 Å². The number of aliphatic hydroxyl groups is 1.